The summed E-state index contributed by atoms with van der Waals surface area (Å²) in [7, 11) is -1.27. The van der Waals surface area contributed by atoms with Gasteiger partial charge < -0.3 is 14.6 Å². The fourth-order valence-corrected chi connectivity index (χ4v) is 3.88. The second kappa shape index (κ2) is 6.20. The maximum Gasteiger partial charge on any atom is 0.324 e. The number of carbonyl (C=O) groups is 1. The number of nitrogens with one attached hydrogen (secondary N) is 1. The highest BCUT2D eigenvalue weighted by Gasteiger charge is 2.34. The Bertz CT molecular complexity index is 656. The van der Waals surface area contributed by atoms with E-state index in [2.05, 4.69) is 20.7 Å². The van der Waals surface area contributed by atoms with Crippen LogP contribution in [0.5, 0.6) is 11.5 Å². The Hall–Kier alpha value is -1.32. The summed E-state index contributed by atoms with van der Waals surface area (Å²) in [4.78, 5) is 10.9. The molecule has 0 heterocycles. The van der Waals surface area contributed by atoms with Gasteiger partial charge in [0.05, 0.1) is 14.2 Å². The largest absolute Gasteiger partial charge is 0.493 e. The van der Waals surface area contributed by atoms with Crippen LogP contribution in [0.15, 0.2) is 21.5 Å². The maximum atomic E-state index is 12.3. The van der Waals surface area contributed by atoms with Gasteiger partial charge in [0.15, 0.2) is 11.5 Å². The van der Waals surface area contributed by atoms with Gasteiger partial charge in [-0.05, 0) is 35.8 Å². The lowest BCUT2D eigenvalue weighted by molar-refractivity contribution is -0.142. The molecular formula is C12H16BrNO6S. The highest BCUT2D eigenvalue weighted by molar-refractivity contribution is 9.10. The third-order valence-corrected chi connectivity index (χ3v) is 5.27. The third kappa shape index (κ3) is 3.86. The van der Waals surface area contributed by atoms with Crippen molar-refractivity contribution in [1.29, 1.82) is 0 Å². The van der Waals surface area contributed by atoms with Gasteiger partial charge in [-0.1, -0.05) is 0 Å². The zero-order chi connectivity index (χ0) is 16.4. The average molecular weight is 382 g/mol. The number of ether oxygens (including phenoxy) is 2. The van der Waals surface area contributed by atoms with Crippen LogP contribution in [0.2, 0.25) is 0 Å². The van der Waals surface area contributed by atoms with Gasteiger partial charge in [0, 0.05) is 10.5 Å². The van der Waals surface area contributed by atoms with Gasteiger partial charge in [-0.3, -0.25) is 4.79 Å². The van der Waals surface area contributed by atoms with Crippen molar-refractivity contribution in [3.8, 4) is 11.5 Å². The normalized spacial score (nSPS) is 12.0. The van der Waals surface area contributed by atoms with Crippen LogP contribution in [0, 0.1) is 0 Å². The van der Waals surface area contributed by atoms with Crippen LogP contribution in [0.4, 0.5) is 0 Å². The van der Waals surface area contributed by atoms with Crippen LogP contribution in [-0.4, -0.2) is 39.3 Å². The molecule has 0 saturated heterocycles. The number of carboxylic acid groups (broad SMARTS) is 1. The van der Waals surface area contributed by atoms with E-state index in [0.717, 1.165) is 0 Å². The molecule has 9 heteroatoms. The minimum Gasteiger partial charge on any atom is -0.493 e. The maximum absolute atomic E-state index is 12.3. The van der Waals surface area contributed by atoms with Crippen LogP contribution < -0.4 is 14.2 Å². The average Bonchev–Trinajstić information content (AvgIpc) is 2.36. The molecule has 0 spiro atoms. The minimum atomic E-state index is -4.06. The number of sulfonamides is 1. The number of aliphatic carboxylic acids is 1. The molecule has 0 saturated carbocycles. The van der Waals surface area contributed by atoms with Crippen molar-refractivity contribution in [3.05, 3.63) is 16.6 Å². The van der Waals surface area contributed by atoms with Crippen molar-refractivity contribution < 1.29 is 27.8 Å². The van der Waals surface area contributed by atoms with Crippen LogP contribution in [0.1, 0.15) is 13.8 Å². The summed E-state index contributed by atoms with van der Waals surface area (Å²) in [5.41, 5.74) is -1.65. The van der Waals surface area contributed by atoms with Gasteiger partial charge in [-0.25, -0.2) is 8.42 Å². The first-order valence-electron chi connectivity index (χ1n) is 5.74. The molecule has 21 heavy (non-hydrogen) atoms. The highest BCUT2D eigenvalue weighted by Crippen LogP contribution is 2.35. The summed E-state index contributed by atoms with van der Waals surface area (Å²) in [6, 6.07) is 2.68. The molecule has 0 amide bonds. The number of hydrogen-bond acceptors (Lipinski definition) is 5. The van der Waals surface area contributed by atoms with E-state index >= 15 is 0 Å². The molecule has 0 aliphatic rings. The zero-order valence-electron chi connectivity index (χ0n) is 11.9. The molecule has 118 valence electrons. The Morgan fingerprint density at radius 2 is 1.71 bits per heavy atom. The highest BCUT2D eigenvalue weighted by atomic mass is 79.9. The fraction of sp³-hybridized carbons (Fsp3) is 0.417. The summed E-state index contributed by atoms with van der Waals surface area (Å²) in [5, 5.41) is 9.02. The molecule has 0 bridgehead atoms. The quantitative estimate of drug-likeness (QED) is 0.775. The number of benzene rings is 1. The lowest BCUT2D eigenvalue weighted by Gasteiger charge is -2.21. The number of methoxy groups -OCH3 is 2. The lowest BCUT2D eigenvalue weighted by Crippen LogP contribution is -2.49. The van der Waals surface area contributed by atoms with Gasteiger partial charge in [0.2, 0.25) is 10.0 Å². The Balaban J connectivity index is 3.36. The molecule has 0 atom stereocenters. The molecule has 7 nitrogen and oxygen atoms in total. The van der Waals surface area contributed by atoms with Gasteiger partial charge in [-0.2, -0.15) is 4.72 Å². The lowest BCUT2D eigenvalue weighted by atomic mass is 10.1. The zero-order valence-corrected chi connectivity index (χ0v) is 14.3. The standard InChI is InChI=1S/C12H16BrNO6S/c1-12(2,11(15)16)14-21(17,18)10-6-9(20-4)8(19-3)5-7(10)13/h5-6,14H,1-4H3,(H,15,16). The molecule has 0 aliphatic heterocycles. The van der Waals surface area contributed by atoms with Gasteiger partial charge in [0.1, 0.15) is 10.4 Å². The van der Waals surface area contributed by atoms with Crippen molar-refractivity contribution in [2.45, 2.75) is 24.3 Å². The van der Waals surface area contributed by atoms with Crippen molar-refractivity contribution in [2.24, 2.45) is 0 Å². The number of hydrogen-bond donors (Lipinski definition) is 2. The van der Waals surface area contributed by atoms with E-state index in [0.29, 0.717) is 5.75 Å². The van der Waals surface area contributed by atoms with Crippen LogP contribution in [0.3, 0.4) is 0 Å². The molecule has 1 aromatic rings. The molecule has 0 aliphatic carbocycles. The first-order chi connectivity index (χ1) is 9.55. The van der Waals surface area contributed by atoms with E-state index in [4.69, 9.17) is 14.6 Å². The number of halogens is 1. The molecule has 0 unspecified atom stereocenters. The van der Waals surface area contributed by atoms with Crippen molar-refractivity contribution in [1.82, 2.24) is 4.72 Å². The topological polar surface area (TPSA) is 102 Å². The van der Waals surface area contributed by atoms with E-state index in [9.17, 15) is 13.2 Å². The van der Waals surface area contributed by atoms with E-state index in [1.54, 1.807) is 0 Å². The molecule has 1 aromatic carbocycles. The summed E-state index contributed by atoms with van der Waals surface area (Å²) in [6.07, 6.45) is 0. The van der Waals surface area contributed by atoms with Gasteiger partial charge >= 0.3 is 5.97 Å². The molecule has 2 N–H and O–H groups in total. The summed E-state index contributed by atoms with van der Waals surface area (Å²) in [6.45, 7) is 2.50. The van der Waals surface area contributed by atoms with Crippen molar-refractivity contribution in [3.63, 3.8) is 0 Å². The van der Waals surface area contributed by atoms with Gasteiger partial charge in [0.25, 0.3) is 0 Å². The second-order valence-electron chi connectivity index (χ2n) is 4.67. The smallest absolute Gasteiger partial charge is 0.324 e. The molecule has 1 rings (SSSR count). The molecule has 0 radical (unpaired) electrons. The predicted octanol–water partition coefficient (Wildman–Crippen LogP) is 1.61. The monoisotopic (exact) mass is 381 g/mol. The van der Waals surface area contributed by atoms with E-state index in [-0.39, 0.29) is 15.1 Å². The van der Waals surface area contributed by atoms with Crippen LogP contribution >= 0.6 is 15.9 Å². The van der Waals surface area contributed by atoms with Crippen molar-refractivity contribution in [2.75, 3.05) is 14.2 Å². The van der Waals surface area contributed by atoms with Crippen molar-refractivity contribution >= 4 is 31.9 Å². The van der Waals surface area contributed by atoms with Gasteiger partial charge in [-0.15, -0.1) is 0 Å². The van der Waals surface area contributed by atoms with E-state index in [1.165, 1.54) is 40.2 Å². The summed E-state index contributed by atoms with van der Waals surface area (Å²) >= 11 is 3.13. The summed E-state index contributed by atoms with van der Waals surface area (Å²) < 4.78 is 37.1. The molecule has 0 aromatic heterocycles. The van der Waals surface area contributed by atoms with Crippen LogP contribution in [0.25, 0.3) is 0 Å². The first kappa shape index (κ1) is 17.7. The summed E-state index contributed by atoms with van der Waals surface area (Å²) in [5.74, 6) is -0.724. The third-order valence-electron chi connectivity index (χ3n) is 2.65. The van der Waals surface area contributed by atoms with E-state index < -0.39 is 21.5 Å². The molecular weight excluding hydrogens is 366 g/mol. The van der Waals surface area contributed by atoms with E-state index in [1.807, 2.05) is 0 Å². The number of carboxylic acids is 1. The minimum absolute atomic E-state index is 0.144. The fourth-order valence-electron chi connectivity index (χ4n) is 1.48. The molecule has 0 fully saturated rings. The Morgan fingerprint density at radius 3 is 2.14 bits per heavy atom. The number of rotatable bonds is 6. The second-order valence-corrected chi connectivity index (χ2v) is 7.18. The predicted molar refractivity (Wildman–Crippen MR) is 79.3 cm³/mol. The van der Waals surface area contributed by atoms with Crippen LogP contribution in [-0.2, 0) is 14.8 Å². The Kier molecular flexibility index (Phi) is 5.24. The SMILES string of the molecule is COc1cc(Br)c(S(=O)(=O)NC(C)(C)C(=O)O)cc1OC. The first-order valence-corrected chi connectivity index (χ1v) is 8.01. The Morgan fingerprint density at radius 1 is 1.24 bits per heavy atom. The Labute approximate surface area is 131 Å².